The first-order chi connectivity index (χ1) is 15.6. The predicted molar refractivity (Wildman–Crippen MR) is 138 cm³/mol. The van der Waals surface area contributed by atoms with Gasteiger partial charge in [0.2, 0.25) is 0 Å². The highest BCUT2D eigenvalue weighted by molar-refractivity contribution is 6.71. The van der Waals surface area contributed by atoms with Gasteiger partial charge in [0.05, 0.1) is 13.2 Å². The first-order valence-corrected chi connectivity index (χ1v) is 17.4. The van der Waals surface area contributed by atoms with Crippen LogP contribution in [0.15, 0.2) is 0 Å². The lowest BCUT2D eigenvalue weighted by Crippen LogP contribution is -2.60. The molecule has 4 rings (SSSR count). The molecule has 0 radical (unpaired) electrons. The number of hydrogen-bond donors (Lipinski definition) is 0. The fourth-order valence-electron chi connectivity index (χ4n) is 9.49. The number of esters is 1. The molecule has 4 aliphatic carbocycles. The number of ether oxygens (including phenoxy) is 1. The number of carbonyl (C=O) groups excluding carboxylic acids is 1. The Morgan fingerprint density at radius 1 is 1.06 bits per heavy atom. The molecular weight excluding hydrogens is 424 g/mol. The van der Waals surface area contributed by atoms with E-state index in [0.29, 0.717) is 29.8 Å². The summed E-state index contributed by atoms with van der Waals surface area (Å²) in [5, 5.41) is 0. The highest BCUT2D eigenvalue weighted by Gasteiger charge is 2.64. The Labute approximate surface area is 205 Å². The predicted octanol–water partition coefficient (Wildman–Crippen LogP) is 7.84. The van der Waals surface area contributed by atoms with Crippen molar-refractivity contribution in [3.05, 3.63) is 0 Å². The summed E-state index contributed by atoms with van der Waals surface area (Å²) in [7, 11) is -0.158. The Bertz CT molecular complexity index is 707. The van der Waals surface area contributed by atoms with Gasteiger partial charge in [-0.15, -0.1) is 0 Å². The topological polar surface area (TPSA) is 35.5 Å². The molecular formula is C29H52O3Si. The Kier molecular flexibility index (Phi) is 7.48. The molecule has 0 heterocycles. The second-order valence-corrected chi connectivity index (χ2v) is 18.0. The van der Waals surface area contributed by atoms with Crippen LogP contribution in [-0.4, -0.2) is 27.5 Å². The van der Waals surface area contributed by atoms with E-state index in [4.69, 9.17) is 9.16 Å². The van der Waals surface area contributed by atoms with Crippen LogP contribution in [0.4, 0.5) is 0 Å². The van der Waals surface area contributed by atoms with E-state index in [-0.39, 0.29) is 11.4 Å². The second-order valence-electron chi connectivity index (χ2n) is 13.5. The minimum atomic E-state index is -1.68. The number of methoxy groups -OCH3 is 1. The Morgan fingerprint density at radius 3 is 2.52 bits per heavy atom. The summed E-state index contributed by atoms with van der Waals surface area (Å²) < 4.78 is 12.3. The summed E-state index contributed by atoms with van der Waals surface area (Å²) >= 11 is 0. The van der Waals surface area contributed by atoms with Crippen molar-refractivity contribution < 1.29 is 14.0 Å². The van der Waals surface area contributed by atoms with Crippen LogP contribution >= 0.6 is 0 Å². The molecule has 0 bridgehead atoms. The summed E-state index contributed by atoms with van der Waals surface area (Å²) in [5.41, 5.74) is 0.796. The highest BCUT2D eigenvalue weighted by atomic mass is 28.4. The maximum atomic E-state index is 11.9. The van der Waals surface area contributed by atoms with Crippen LogP contribution < -0.4 is 0 Å². The van der Waals surface area contributed by atoms with Crippen LogP contribution in [0.3, 0.4) is 0 Å². The molecule has 190 valence electrons. The molecule has 0 spiro atoms. The van der Waals surface area contributed by atoms with Crippen molar-refractivity contribution in [2.24, 2.45) is 46.3 Å². The van der Waals surface area contributed by atoms with Crippen molar-refractivity contribution >= 4 is 14.3 Å². The van der Waals surface area contributed by atoms with Crippen LogP contribution in [0.25, 0.3) is 0 Å². The van der Waals surface area contributed by atoms with E-state index in [1.807, 2.05) is 0 Å². The monoisotopic (exact) mass is 476 g/mol. The number of rotatable bonds is 7. The molecule has 4 heteroatoms. The summed E-state index contributed by atoms with van der Waals surface area (Å²) in [6, 6.07) is 1.20. The summed E-state index contributed by atoms with van der Waals surface area (Å²) in [4.78, 5) is 11.9. The van der Waals surface area contributed by atoms with Crippen molar-refractivity contribution in [3.63, 3.8) is 0 Å². The molecule has 0 amide bonds. The third-order valence-electron chi connectivity index (χ3n) is 11.8. The number of fused-ring (bicyclic) bond motifs is 5. The van der Waals surface area contributed by atoms with Gasteiger partial charge in [-0.2, -0.15) is 0 Å². The maximum Gasteiger partial charge on any atom is 0.305 e. The standard InChI is InChI=1S/C29H52O3Si/c1-8-33(6,7)32-26-19-25-22(14-13-21-11-9-10-18-28(21,25)3)24-16-15-23(29(24,26)4)20(2)12-17-27(30)31-5/h20-26H,8-19H2,1-7H3/t20-,21+,22+,23-,24+,25+,26+,28+,29-/m1/s1. The lowest BCUT2D eigenvalue weighted by atomic mass is 9.44. The van der Waals surface area contributed by atoms with E-state index in [2.05, 4.69) is 40.8 Å². The zero-order valence-corrected chi connectivity index (χ0v) is 23.8. The Morgan fingerprint density at radius 2 is 1.82 bits per heavy atom. The highest BCUT2D eigenvalue weighted by Crippen LogP contribution is 2.69. The van der Waals surface area contributed by atoms with Gasteiger partial charge in [-0.3, -0.25) is 4.79 Å². The van der Waals surface area contributed by atoms with E-state index in [1.54, 1.807) is 0 Å². The molecule has 4 aliphatic rings. The molecule has 3 nitrogen and oxygen atoms in total. The molecule has 0 aromatic rings. The first kappa shape index (κ1) is 25.7. The largest absolute Gasteiger partial charge is 0.469 e. The van der Waals surface area contributed by atoms with Gasteiger partial charge in [0.15, 0.2) is 8.32 Å². The molecule has 33 heavy (non-hydrogen) atoms. The van der Waals surface area contributed by atoms with Gasteiger partial charge in [-0.25, -0.2) is 0 Å². The third-order valence-corrected chi connectivity index (χ3v) is 14.4. The summed E-state index contributed by atoms with van der Waals surface area (Å²) in [6.07, 6.45) is 14.6. The maximum absolute atomic E-state index is 11.9. The van der Waals surface area contributed by atoms with Crippen molar-refractivity contribution in [2.75, 3.05) is 7.11 Å². The van der Waals surface area contributed by atoms with Crippen LogP contribution in [0.2, 0.25) is 19.1 Å². The zero-order chi connectivity index (χ0) is 24.0. The summed E-state index contributed by atoms with van der Waals surface area (Å²) in [6.45, 7) is 14.9. The molecule has 4 fully saturated rings. The average Bonchev–Trinajstić information content (AvgIpc) is 3.15. The smallest absolute Gasteiger partial charge is 0.305 e. The van der Waals surface area contributed by atoms with E-state index < -0.39 is 8.32 Å². The number of carbonyl (C=O) groups is 1. The molecule has 0 aliphatic heterocycles. The molecule has 9 atom stereocenters. The molecule has 4 saturated carbocycles. The van der Waals surface area contributed by atoms with Gasteiger partial charge in [0, 0.05) is 6.42 Å². The van der Waals surface area contributed by atoms with Gasteiger partial charge in [-0.1, -0.05) is 40.5 Å². The van der Waals surface area contributed by atoms with Gasteiger partial charge < -0.3 is 9.16 Å². The normalized spacial score (nSPS) is 43.8. The minimum absolute atomic E-state index is 0.0545. The van der Waals surface area contributed by atoms with E-state index in [1.165, 1.54) is 70.9 Å². The third kappa shape index (κ3) is 4.50. The minimum Gasteiger partial charge on any atom is -0.469 e. The van der Waals surface area contributed by atoms with Gasteiger partial charge >= 0.3 is 5.97 Å². The SMILES string of the molecule is CC[Si](C)(C)O[C@H]1C[C@H]2[C@@H](CC[C@@H]3CCCC[C@@]32C)[C@@H]2CC[C@H]([C@H](C)CCC(=O)OC)[C@@]12C. The molecule has 0 aromatic heterocycles. The molecule has 0 aromatic carbocycles. The van der Waals surface area contributed by atoms with Crippen LogP contribution in [0.1, 0.15) is 98.3 Å². The van der Waals surface area contributed by atoms with Crippen molar-refractivity contribution in [2.45, 2.75) is 124 Å². The number of hydrogen-bond acceptors (Lipinski definition) is 3. The van der Waals surface area contributed by atoms with Gasteiger partial charge in [0.1, 0.15) is 0 Å². The van der Waals surface area contributed by atoms with Crippen molar-refractivity contribution in [1.29, 1.82) is 0 Å². The molecule has 0 saturated heterocycles. The van der Waals surface area contributed by atoms with Crippen LogP contribution in [0, 0.1) is 46.3 Å². The molecule has 0 N–H and O–H groups in total. The van der Waals surface area contributed by atoms with Crippen molar-refractivity contribution in [3.8, 4) is 0 Å². The van der Waals surface area contributed by atoms with Crippen molar-refractivity contribution in [1.82, 2.24) is 0 Å². The van der Waals surface area contributed by atoms with E-state index >= 15 is 0 Å². The zero-order valence-electron chi connectivity index (χ0n) is 22.8. The summed E-state index contributed by atoms with van der Waals surface area (Å²) in [5.74, 6) is 4.65. The fraction of sp³-hybridized carbons (Fsp3) is 0.966. The van der Waals surface area contributed by atoms with Crippen LogP contribution in [0.5, 0.6) is 0 Å². The quantitative estimate of drug-likeness (QED) is 0.277. The molecule has 0 unspecified atom stereocenters. The first-order valence-electron chi connectivity index (χ1n) is 14.3. The lowest BCUT2D eigenvalue weighted by molar-refractivity contribution is -0.163. The fourth-order valence-corrected chi connectivity index (χ4v) is 10.8. The van der Waals surface area contributed by atoms with E-state index in [9.17, 15) is 4.79 Å². The van der Waals surface area contributed by atoms with Gasteiger partial charge in [-0.05, 0) is 117 Å². The lowest BCUT2D eigenvalue weighted by Gasteiger charge is -2.63. The van der Waals surface area contributed by atoms with Gasteiger partial charge in [0.25, 0.3) is 0 Å². The van der Waals surface area contributed by atoms with E-state index in [0.717, 1.165) is 30.1 Å². The average molecular weight is 477 g/mol. The Hall–Kier alpha value is -0.353. The second kappa shape index (κ2) is 9.60. The Balaban J connectivity index is 1.65. The van der Waals surface area contributed by atoms with Crippen LogP contribution in [-0.2, 0) is 14.0 Å².